The summed E-state index contributed by atoms with van der Waals surface area (Å²) in [6.07, 6.45) is 0. The third-order valence-corrected chi connectivity index (χ3v) is 8.87. The van der Waals surface area contributed by atoms with Crippen molar-refractivity contribution in [1.82, 2.24) is 0 Å². The molecule has 1 heteroatoms. The van der Waals surface area contributed by atoms with Crippen LogP contribution >= 0.6 is 0 Å². The molecule has 1 aliphatic rings. The number of benzene rings is 8. The summed E-state index contributed by atoms with van der Waals surface area (Å²) in [4.78, 5) is 1.10. The van der Waals surface area contributed by atoms with Gasteiger partial charge in [-0.1, -0.05) is 182 Å². The average molecular weight is 656 g/mol. The summed E-state index contributed by atoms with van der Waals surface area (Å²) in [7, 11) is 0. The minimum absolute atomic E-state index is 0.0800. The first-order valence-electron chi connectivity index (χ1n) is 24.8. The van der Waals surface area contributed by atoms with Crippen molar-refractivity contribution >= 4 is 17.1 Å². The van der Waals surface area contributed by atoms with Crippen LogP contribution in [0.1, 0.15) is 46.9 Å². The highest BCUT2D eigenvalue weighted by Crippen LogP contribution is 2.59. The van der Waals surface area contributed by atoms with Crippen molar-refractivity contribution in [2.45, 2.75) is 5.41 Å². The van der Waals surface area contributed by atoms with Gasteiger partial charge in [-0.2, -0.15) is 0 Å². The van der Waals surface area contributed by atoms with Gasteiger partial charge in [0.1, 0.15) is 0 Å². The maximum atomic E-state index is 9.67. The second-order valence-corrected chi connectivity index (χ2v) is 11.5. The maximum Gasteiger partial charge on any atom is 0.0714 e. The molecule has 0 amide bonds. The van der Waals surface area contributed by atoms with Gasteiger partial charge in [0.25, 0.3) is 0 Å². The largest absolute Gasteiger partial charge is 0.310 e. The number of rotatable bonds is 7. The van der Waals surface area contributed by atoms with E-state index in [1.54, 1.807) is 12.1 Å². The van der Waals surface area contributed by atoms with Crippen LogP contribution in [0, 0.1) is 0 Å². The quantitative estimate of drug-likeness (QED) is 0.165. The zero-order valence-electron chi connectivity index (χ0n) is 44.3. The molecule has 0 bridgehead atoms. The Hall–Kier alpha value is -6.44. The van der Waals surface area contributed by atoms with Crippen LogP contribution in [0.25, 0.3) is 33.4 Å². The minimum Gasteiger partial charge on any atom is -0.310 e. The number of nitrogens with zero attached hydrogens (tertiary/aromatic N) is 1. The smallest absolute Gasteiger partial charge is 0.0714 e. The molecule has 50 heavy (non-hydrogen) atoms. The Morgan fingerprint density at radius 3 is 1.34 bits per heavy atom. The summed E-state index contributed by atoms with van der Waals surface area (Å²) in [5.74, 6) is 0. The fourth-order valence-electron chi connectivity index (χ4n) is 6.85. The second-order valence-electron chi connectivity index (χ2n) is 11.5. The molecule has 1 nitrogen and oxygen atoms in total. The average Bonchev–Trinajstić information content (AvgIpc) is 3.66. The Morgan fingerprint density at radius 1 is 0.380 bits per heavy atom. The van der Waals surface area contributed by atoms with Gasteiger partial charge in [0.05, 0.1) is 35.8 Å². The molecule has 8 aromatic carbocycles. The van der Waals surface area contributed by atoms with Crippen molar-refractivity contribution in [1.29, 1.82) is 0 Å². The van der Waals surface area contributed by atoms with Gasteiger partial charge in [-0.25, -0.2) is 0 Å². The van der Waals surface area contributed by atoms with Crippen LogP contribution in [0.3, 0.4) is 0 Å². The predicted molar refractivity (Wildman–Crippen MR) is 209 cm³/mol. The van der Waals surface area contributed by atoms with E-state index in [-0.39, 0.29) is 5.69 Å². The number of hydrogen-bond donors (Lipinski definition) is 0. The van der Waals surface area contributed by atoms with Crippen LogP contribution in [0.5, 0.6) is 0 Å². The lowest BCUT2D eigenvalue weighted by atomic mass is 9.68. The Morgan fingerprint density at radius 2 is 0.820 bits per heavy atom. The van der Waals surface area contributed by atoms with Gasteiger partial charge in [0.2, 0.25) is 0 Å². The molecule has 8 aromatic rings. The molecule has 0 atom stereocenters. The number of anilines is 3. The molecule has 0 N–H and O–H groups in total. The van der Waals surface area contributed by atoms with Crippen molar-refractivity contribution in [2.75, 3.05) is 4.90 Å². The molecule has 0 unspecified atom stereocenters. The first-order chi connectivity index (χ1) is 32.3. The van der Waals surface area contributed by atoms with Gasteiger partial charge >= 0.3 is 0 Å². The van der Waals surface area contributed by atoms with E-state index in [9.17, 15) is 11.0 Å². The van der Waals surface area contributed by atoms with Crippen molar-refractivity contribution in [3.8, 4) is 33.4 Å². The molecule has 0 saturated carbocycles. The predicted octanol–water partition coefficient (Wildman–Crippen LogP) is 12.9. The fraction of sp³-hybridized carbons (Fsp3) is 0.0204. The monoisotopic (exact) mass is 655 g/mol. The fourth-order valence-corrected chi connectivity index (χ4v) is 6.85. The maximum absolute atomic E-state index is 9.67. The van der Waals surface area contributed by atoms with E-state index in [0.717, 1.165) is 21.6 Å². The highest BCUT2D eigenvalue weighted by molar-refractivity contribution is 5.97. The van der Waals surface area contributed by atoms with Crippen molar-refractivity contribution in [3.05, 3.63) is 234 Å². The summed E-state index contributed by atoms with van der Waals surface area (Å²) >= 11 is 0. The number of fused-ring (bicyclic) bond motifs is 3. The molecular weight excluding hydrogens is 603 g/mol. The highest BCUT2D eigenvalue weighted by Gasteiger charge is 2.47. The number of hydrogen-bond acceptors (Lipinski definition) is 1. The van der Waals surface area contributed by atoms with Crippen molar-refractivity contribution in [3.63, 3.8) is 0 Å². The van der Waals surface area contributed by atoms with Crippen molar-refractivity contribution in [2.24, 2.45) is 0 Å². The Kier molecular flexibility index (Phi) is 4.09. The topological polar surface area (TPSA) is 3.24 Å². The van der Waals surface area contributed by atoms with E-state index in [0.29, 0.717) is 16.7 Å². The first kappa shape index (κ1) is 16.3. The van der Waals surface area contributed by atoms with E-state index in [1.807, 2.05) is 91.0 Å². The van der Waals surface area contributed by atoms with E-state index in [4.69, 9.17) is 13.7 Å². The molecule has 0 aliphatic heterocycles. The third-order valence-electron chi connectivity index (χ3n) is 8.87. The highest BCUT2D eigenvalue weighted by atomic mass is 15.1. The van der Waals surface area contributed by atoms with Crippen LogP contribution in [0.15, 0.2) is 212 Å². The zero-order valence-corrected chi connectivity index (χ0v) is 26.3. The summed E-state index contributed by atoms with van der Waals surface area (Å²) in [5, 5.41) is 0. The Bertz CT molecular complexity index is 3160. The van der Waals surface area contributed by atoms with Crippen LogP contribution in [0.2, 0.25) is 0 Å². The standard InChI is InChI=1S/C49H35N/c1-5-16-36(17-6-1)38-28-32-42(33-29-38)50(43-34-30-39(31-35-43)37-18-7-2-8-19-37)47-27-15-26-46-48(47)44-24-13-14-25-45(44)49(46,40-20-9-3-10-21-40)41-22-11-4-12-23-41/h1-35H/i1D,2D,5D,6D,7D,8D,16D,17D,18D,19D,28D,29D,30D,31D,32D,33D,34D,35D. The molecule has 236 valence electrons. The lowest BCUT2D eigenvalue weighted by Gasteiger charge is -2.34. The normalized spacial score (nSPS) is 17.6. The molecule has 9 rings (SSSR count). The lowest BCUT2D eigenvalue weighted by Crippen LogP contribution is -2.28. The van der Waals surface area contributed by atoms with E-state index < -0.39 is 148 Å². The van der Waals surface area contributed by atoms with E-state index >= 15 is 0 Å². The van der Waals surface area contributed by atoms with Gasteiger partial charge in [-0.15, -0.1) is 0 Å². The van der Waals surface area contributed by atoms with Crippen LogP contribution in [-0.2, 0) is 5.41 Å². The molecule has 1 aliphatic carbocycles. The van der Waals surface area contributed by atoms with Crippen LogP contribution in [-0.4, -0.2) is 0 Å². The molecule has 0 fully saturated rings. The van der Waals surface area contributed by atoms with Gasteiger partial charge in [-0.3, -0.25) is 0 Å². The summed E-state index contributed by atoms with van der Waals surface area (Å²) in [6.45, 7) is 0. The van der Waals surface area contributed by atoms with E-state index in [2.05, 4.69) is 0 Å². The lowest BCUT2D eigenvalue weighted by molar-refractivity contribution is 0.768. The Labute approximate surface area is 319 Å². The summed E-state index contributed by atoms with van der Waals surface area (Å²) in [5.41, 5.74) is -0.325. The second kappa shape index (κ2) is 12.5. The first-order valence-corrected chi connectivity index (χ1v) is 15.8. The van der Waals surface area contributed by atoms with Crippen LogP contribution < -0.4 is 4.90 Å². The molecular formula is C49H35N. The summed E-state index contributed by atoms with van der Waals surface area (Å²) < 4.78 is 161. The van der Waals surface area contributed by atoms with Crippen molar-refractivity contribution < 1.29 is 24.7 Å². The molecule has 0 spiro atoms. The third kappa shape index (κ3) is 4.86. The molecule has 0 aromatic heterocycles. The van der Waals surface area contributed by atoms with Gasteiger partial charge in [-0.05, 0) is 80.3 Å². The summed E-state index contributed by atoms with van der Waals surface area (Å²) in [6, 6.07) is 17.6. The molecule has 0 heterocycles. The van der Waals surface area contributed by atoms with E-state index in [1.165, 1.54) is 0 Å². The van der Waals surface area contributed by atoms with Gasteiger partial charge in [0, 0.05) is 16.9 Å². The van der Waals surface area contributed by atoms with Crippen LogP contribution in [0.4, 0.5) is 17.1 Å². The Balaban J connectivity index is 1.45. The molecule has 0 saturated heterocycles. The van der Waals surface area contributed by atoms with Gasteiger partial charge < -0.3 is 4.90 Å². The SMILES string of the molecule is [2H]c1c([2H])c([2H])c(-c2c([2H])c([2H])c(N(c3cccc4c3-c3ccccc3C4(c3ccccc3)c3ccccc3)c3c([2H])c([2H])c(-c4c([2H])c([2H])c([2H])c([2H])c4[2H])c([2H])c3[2H])c([2H])c2[2H])c([2H])c1[2H]. The van der Waals surface area contributed by atoms with Gasteiger partial charge in [0.15, 0.2) is 0 Å². The zero-order chi connectivity index (χ0) is 49.0. The molecule has 0 radical (unpaired) electrons. The minimum atomic E-state index is -1.05.